The van der Waals surface area contributed by atoms with Gasteiger partial charge in [0, 0.05) is 5.57 Å². The lowest BCUT2D eigenvalue weighted by Gasteiger charge is -1.92. The first-order chi connectivity index (χ1) is 4.04. The van der Waals surface area contributed by atoms with Gasteiger partial charge in [-0.25, -0.2) is 9.18 Å². The van der Waals surface area contributed by atoms with Crippen molar-refractivity contribution in [3.63, 3.8) is 0 Å². The van der Waals surface area contributed by atoms with Crippen LogP contribution in [0.1, 0.15) is 13.8 Å². The van der Waals surface area contributed by atoms with Crippen molar-refractivity contribution in [1.29, 1.82) is 0 Å². The number of hydrogen-bond donors (Lipinski definition) is 1. The van der Waals surface area contributed by atoms with E-state index in [4.69, 9.17) is 5.11 Å². The standard InChI is InChI=1S/C6H9FO2/c1-4(6(8)9)3-5(2)7/h3,5H,1-2H3,(H,8,9)/b4-3+. The Morgan fingerprint density at radius 3 is 2.33 bits per heavy atom. The van der Waals surface area contributed by atoms with Gasteiger partial charge in [-0.3, -0.25) is 0 Å². The molecule has 0 aromatic heterocycles. The molecule has 1 unspecified atom stereocenters. The predicted octanol–water partition coefficient (Wildman–Crippen LogP) is 1.38. The summed E-state index contributed by atoms with van der Waals surface area (Å²) in [5, 5.41) is 8.20. The van der Waals surface area contributed by atoms with Crippen molar-refractivity contribution in [1.82, 2.24) is 0 Å². The first-order valence-electron chi connectivity index (χ1n) is 2.60. The van der Waals surface area contributed by atoms with Crippen LogP contribution in [-0.2, 0) is 4.79 Å². The van der Waals surface area contributed by atoms with Gasteiger partial charge in [-0.2, -0.15) is 0 Å². The van der Waals surface area contributed by atoms with E-state index in [1.807, 2.05) is 0 Å². The average Bonchev–Trinajstić information content (AvgIpc) is 1.63. The van der Waals surface area contributed by atoms with Crippen LogP contribution in [0.4, 0.5) is 4.39 Å². The van der Waals surface area contributed by atoms with Crippen molar-refractivity contribution >= 4 is 5.97 Å². The predicted molar refractivity (Wildman–Crippen MR) is 32.0 cm³/mol. The fourth-order valence-electron chi connectivity index (χ4n) is 0.416. The summed E-state index contributed by atoms with van der Waals surface area (Å²) in [7, 11) is 0. The van der Waals surface area contributed by atoms with Crippen molar-refractivity contribution in [3.8, 4) is 0 Å². The van der Waals surface area contributed by atoms with E-state index in [0.29, 0.717) is 0 Å². The second kappa shape index (κ2) is 3.22. The topological polar surface area (TPSA) is 37.3 Å². The summed E-state index contributed by atoms with van der Waals surface area (Å²) < 4.78 is 12.0. The molecule has 52 valence electrons. The zero-order chi connectivity index (χ0) is 7.44. The number of carboxylic acids is 1. The number of rotatable bonds is 2. The van der Waals surface area contributed by atoms with Gasteiger partial charge in [0.05, 0.1) is 0 Å². The molecule has 0 spiro atoms. The Balaban J connectivity index is 4.00. The van der Waals surface area contributed by atoms with Gasteiger partial charge in [0.2, 0.25) is 0 Å². The largest absolute Gasteiger partial charge is 0.478 e. The third-order valence-electron chi connectivity index (χ3n) is 0.817. The van der Waals surface area contributed by atoms with Crippen molar-refractivity contribution < 1.29 is 14.3 Å². The molecule has 0 radical (unpaired) electrons. The molecule has 0 saturated carbocycles. The Hall–Kier alpha value is -0.860. The molecular formula is C6H9FO2. The molecule has 0 aliphatic heterocycles. The molecule has 0 rings (SSSR count). The van der Waals surface area contributed by atoms with E-state index in [1.165, 1.54) is 13.8 Å². The van der Waals surface area contributed by atoms with Gasteiger partial charge in [-0.1, -0.05) is 0 Å². The quantitative estimate of drug-likeness (QED) is 0.576. The smallest absolute Gasteiger partial charge is 0.331 e. The second-order valence-electron chi connectivity index (χ2n) is 1.83. The van der Waals surface area contributed by atoms with Crippen LogP contribution in [0.25, 0.3) is 0 Å². The molecule has 3 heteroatoms. The highest BCUT2D eigenvalue weighted by Crippen LogP contribution is 1.97. The number of alkyl halides is 1. The van der Waals surface area contributed by atoms with Crippen LogP contribution >= 0.6 is 0 Å². The van der Waals surface area contributed by atoms with Gasteiger partial charge in [-0.15, -0.1) is 0 Å². The number of carbonyl (C=O) groups is 1. The van der Waals surface area contributed by atoms with E-state index >= 15 is 0 Å². The van der Waals surface area contributed by atoms with E-state index in [1.54, 1.807) is 0 Å². The lowest BCUT2D eigenvalue weighted by molar-refractivity contribution is -0.132. The van der Waals surface area contributed by atoms with Crippen LogP contribution in [0.15, 0.2) is 11.6 Å². The Morgan fingerprint density at radius 1 is 1.78 bits per heavy atom. The fraction of sp³-hybridized carbons (Fsp3) is 0.500. The molecule has 0 fully saturated rings. The molecule has 0 aromatic carbocycles. The highest BCUT2D eigenvalue weighted by atomic mass is 19.1. The van der Waals surface area contributed by atoms with Gasteiger partial charge in [0.25, 0.3) is 0 Å². The summed E-state index contributed by atoms with van der Waals surface area (Å²) in [6.45, 7) is 2.64. The Morgan fingerprint density at radius 2 is 2.22 bits per heavy atom. The monoisotopic (exact) mass is 132 g/mol. The maximum atomic E-state index is 12.0. The molecule has 0 aliphatic carbocycles. The Labute approximate surface area is 53.0 Å². The molecule has 0 aliphatic rings. The Bertz CT molecular complexity index is 138. The molecule has 1 atom stereocenters. The molecule has 0 heterocycles. The van der Waals surface area contributed by atoms with Gasteiger partial charge in [0.15, 0.2) is 0 Å². The van der Waals surface area contributed by atoms with Crippen molar-refractivity contribution in [2.24, 2.45) is 0 Å². The lowest BCUT2D eigenvalue weighted by Crippen LogP contribution is -1.98. The number of allylic oxidation sites excluding steroid dienone is 1. The molecule has 0 amide bonds. The summed E-state index contributed by atoms with van der Waals surface area (Å²) in [6, 6.07) is 0. The maximum absolute atomic E-state index is 12.0. The summed E-state index contributed by atoms with van der Waals surface area (Å²) in [6.07, 6.45) is -0.122. The molecular weight excluding hydrogens is 123 g/mol. The fourth-order valence-corrected chi connectivity index (χ4v) is 0.416. The average molecular weight is 132 g/mol. The van der Waals surface area contributed by atoms with E-state index in [0.717, 1.165) is 6.08 Å². The zero-order valence-corrected chi connectivity index (χ0v) is 5.39. The highest BCUT2D eigenvalue weighted by Gasteiger charge is 2.00. The normalized spacial score (nSPS) is 15.2. The maximum Gasteiger partial charge on any atom is 0.331 e. The SMILES string of the molecule is C/C(=C\C(C)F)C(=O)O. The van der Waals surface area contributed by atoms with Crippen LogP contribution in [0.5, 0.6) is 0 Å². The number of hydrogen-bond acceptors (Lipinski definition) is 1. The van der Waals surface area contributed by atoms with Crippen molar-refractivity contribution in [3.05, 3.63) is 11.6 Å². The van der Waals surface area contributed by atoms with Crippen LogP contribution in [-0.4, -0.2) is 17.2 Å². The molecule has 1 N–H and O–H groups in total. The summed E-state index contributed by atoms with van der Waals surface area (Å²) in [4.78, 5) is 10.00. The van der Waals surface area contributed by atoms with Crippen molar-refractivity contribution in [2.75, 3.05) is 0 Å². The first-order valence-corrected chi connectivity index (χ1v) is 2.60. The summed E-state index contributed by atoms with van der Waals surface area (Å²) in [5.41, 5.74) is 0.0463. The minimum absolute atomic E-state index is 0.0463. The van der Waals surface area contributed by atoms with Crippen molar-refractivity contribution in [2.45, 2.75) is 20.0 Å². The van der Waals surface area contributed by atoms with Crippen LogP contribution in [0.2, 0.25) is 0 Å². The van der Waals surface area contributed by atoms with Crippen LogP contribution in [0, 0.1) is 0 Å². The molecule has 0 saturated heterocycles. The van der Waals surface area contributed by atoms with E-state index in [-0.39, 0.29) is 5.57 Å². The third-order valence-corrected chi connectivity index (χ3v) is 0.817. The van der Waals surface area contributed by atoms with Gasteiger partial charge >= 0.3 is 5.97 Å². The number of halogens is 1. The van der Waals surface area contributed by atoms with E-state index < -0.39 is 12.1 Å². The Kier molecular flexibility index (Phi) is 2.91. The van der Waals surface area contributed by atoms with Crippen LogP contribution < -0.4 is 0 Å². The molecule has 9 heavy (non-hydrogen) atoms. The van der Waals surface area contributed by atoms with Gasteiger partial charge in [0.1, 0.15) is 6.17 Å². The van der Waals surface area contributed by atoms with E-state index in [9.17, 15) is 9.18 Å². The minimum Gasteiger partial charge on any atom is -0.478 e. The van der Waals surface area contributed by atoms with E-state index in [2.05, 4.69) is 0 Å². The zero-order valence-electron chi connectivity index (χ0n) is 5.39. The number of aliphatic carboxylic acids is 1. The first kappa shape index (κ1) is 8.14. The number of carboxylic acid groups (broad SMARTS) is 1. The highest BCUT2D eigenvalue weighted by molar-refractivity contribution is 5.85. The summed E-state index contributed by atoms with van der Waals surface area (Å²) in [5.74, 6) is -1.07. The minimum atomic E-state index is -1.18. The summed E-state index contributed by atoms with van der Waals surface area (Å²) >= 11 is 0. The van der Waals surface area contributed by atoms with Gasteiger partial charge in [-0.05, 0) is 19.9 Å². The lowest BCUT2D eigenvalue weighted by atomic mass is 10.2. The molecule has 0 aromatic rings. The van der Waals surface area contributed by atoms with Crippen LogP contribution in [0.3, 0.4) is 0 Å². The molecule has 2 nitrogen and oxygen atoms in total. The van der Waals surface area contributed by atoms with Gasteiger partial charge < -0.3 is 5.11 Å². The molecule has 0 bridgehead atoms. The third kappa shape index (κ3) is 3.70. The second-order valence-corrected chi connectivity index (χ2v) is 1.83.